The zero-order valence-corrected chi connectivity index (χ0v) is 11.0. The van der Waals surface area contributed by atoms with Crippen LogP contribution >= 0.6 is 0 Å². The van der Waals surface area contributed by atoms with Crippen LogP contribution in [0.25, 0.3) is 0 Å². The average Bonchev–Trinajstić information content (AvgIpc) is 2.76. The molecule has 1 N–H and O–H groups in total. The van der Waals surface area contributed by atoms with E-state index in [1.165, 1.54) is 24.3 Å². The molecule has 0 spiro atoms. The third kappa shape index (κ3) is 2.07. The van der Waals surface area contributed by atoms with Gasteiger partial charge in [-0.3, -0.25) is 5.41 Å². The van der Waals surface area contributed by atoms with Crippen LogP contribution in [0.5, 0.6) is 0 Å². The molecule has 1 atom stereocenters. The van der Waals surface area contributed by atoms with Crippen LogP contribution in [0.3, 0.4) is 0 Å². The second-order valence-electron chi connectivity index (χ2n) is 5.01. The normalized spacial score (nSPS) is 15.3. The van der Waals surface area contributed by atoms with Crippen LogP contribution in [0.15, 0.2) is 42.5 Å². The van der Waals surface area contributed by atoms with Crippen molar-refractivity contribution < 1.29 is 8.78 Å². The molecule has 20 heavy (non-hydrogen) atoms. The number of amidine groups is 1. The van der Waals surface area contributed by atoms with Crippen molar-refractivity contribution >= 4 is 5.84 Å². The molecule has 1 heterocycles. The largest absolute Gasteiger partial charge is 0.345 e. The Morgan fingerprint density at radius 3 is 2.40 bits per heavy atom. The van der Waals surface area contributed by atoms with Crippen LogP contribution in [0.1, 0.15) is 29.7 Å². The SMILES string of the molecule is CC(c1ccc(F)cc1)N1Cc2ccc(F)cc2C1=N. The maximum absolute atomic E-state index is 13.3. The van der Waals surface area contributed by atoms with E-state index in [2.05, 4.69) is 0 Å². The molecule has 0 radical (unpaired) electrons. The molecule has 2 aromatic rings. The standard InChI is InChI=1S/C16H14F2N2/c1-10(11-2-5-13(17)6-3-11)20-9-12-4-7-14(18)8-15(12)16(20)19/h2-8,10,19H,9H2,1H3. The minimum absolute atomic E-state index is 0.0569. The van der Waals surface area contributed by atoms with Crippen molar-refractivity contribution in [3.63, 3.8) is 0 Å². The van der Waals surface area contributed by atoms with Gasteiger partial charge in [-0.15, -0.1) is 0 Å². The van der Waals surface area contributed by atoms with E-state index in [1.54, 1.807) is 18.2 Å². The third-order valence-corrected chi connectivity index (χ3v) is 3.77. The number of hydrogen-bond donors (Lipinski definition) is 1. The van der Waals surface area contributed by atoms with E-state index in [4.69, 9.17) is 5.41 Å². The molecule has 0 bridgehead atoms. The Kier molecular flexibility index (Phi) is 3.01. The molecule has 2 nitrogen and oxygen atoms in total. The van der Waals surface area contributed by atoms with Crippen LogP contribution in [0.4, 0.5) is 8.78 Å². The molecular formula is C16H14F2N2. The number of benzene rings is 2. The highest BCUT2D eigenvalue weighted by atomic mass is 19.1. The van der Waals surface area contributed by atoms with E-state index in [0.717, 1.165) is 11.1 Å². The quantitative estimate of drug-likeness (QED) is 0.882. The Morgan fingerprint density at radius 1 is 1.05 bits per heavy atom. The van der Waals surface area contributed by atoms with Crippen molar-refractivity contribution in [2.75, 3.05) is 0 Å². The number of halogens is 2. The lowest BCUT2D eigenvalue weighted by atomic mass is 10.1. The molecule has 1 aliphatic heterocycles. The molecule has 0 amide bonds. The molecule has 0 saturated heterocycles. The van der Waals surface area contributed by atoms with Crippen LogP contribution in [-0.2, 0) is 6.54 Å². The summed E-state index contributed by atoms with van der Waals surface area (Å²) in [5.74, 6) is -0.288. The topological polar surface area (TPSA) is 27.1 Å². The average molecular weight is 272 g/mol. The first kappa shape index (κ1) is 12.8. The van der Waals surface area contributed by atoms with Gasteiger partial charge in [0.2, 0.25) is 0 Å². The van der Waals surface area contributed by atoms with E-state index in [-0.39, 0.29) is 17.7 Å². The molecule has 2 aromatic carbocycles. The minimum Gasteiger partial charge on any atom is -0.345 e. The van der Waals surface area contributed by atoms with Crippen molar-refractivity contribution in [1.29, 1.82) is 5.41 Å². The predicted molar refractivity (Wildman–Crippen MR) is 73.6 cm³/mol. The maximum atomic E-state index is 13.3. The smallest absolute Gasteiger partial charge is 0.129 e. The van der Waals surface area contributed by atoms with E-state index >= 15 is 0 Å². The number of rotatable bonds is 2. The van der Waals surface area contributed by atoms with Gasteiger partial charge in [-0.05, 0) is 42.3 Å². The van der Waals surface area contributed by atoms with Crippen LogP contribution in [0, 0.1) is 17.0 Å². The molecule has 0 aromatic heterocycles. The number of nitrogens with one attached hydrogen (secondary N) is 1. The van der Waals surface area contributed by atoms with Crippen LogP contribution in [-0.4, -0.2) is 10.7 Å². The highest BCUT2D eigenvalue weighted by Gasteiger charge is 2.28. The van der Waals surface area contributed by atoms with E-state index in [1.807, 2.05) is 11.8 Å². The Morgan fingerprint density at radius 2 is 1.70 bits per heavy atom. The summed E-state index contributed by atoms with van der Waals surface area (Å²) < 4.78 is 26.2. The lowest BCUT2D eigenvalue weighted by Crippen LogP contribution is -2.27. The summed E-state index contributed by atoms with van der Waals surface area (Å²) in [6, 6.07) is 10.7. The third-order valence-electron chi connectivity index (χ3n) is 3.77. The summed E-state index contributed by atoms with van der Waals surface area (Å²) in [6.07, 6.45) is 0. The van der Waals surface area contributed by atoms with Gasteiger partial charge in [-0.2, -0.15) is 0 Å². The Balaban J connectivity index is 1.90. The summed E-state index contributed by atoms with van der Waals surface area (Å²) >= 11 is 0. The summed E-state index contributed by atoms with van der Waals surface area (Å²) in [7, 11) is 0. The fraction of sp³-hybridized carbons (Fsp3) is 0.188. The zero-order valence-electron chi connectivity index (χ0n) is 11.0. The maximum Gasteiger partial charge on any atom is 0.129 e. The second-order valence-corrected chi connectivity index (χ2v) is 5.01. The monoisotopic (exact) mass is 272 g/mol. The van der Waals surface area contributed by atoms with E-state index in [9.17, 15) is 8.78 Å². The summed E-state index contributed by atoms with van der Waals surface area (Å²) in [5.41, 5.74) is 2.52. The first-order chi connectivity index (χ1) is 9.56. The highest BCUT2D eigenvalue weighted by molar-refractivity contribution is 6.00. The van der Waals surface area contributed by atoms with Crippen molar-refractivity contribution in [3.8, 4) is 0 Å². The molecule has 0 aliphatic carbocycles. The molecular weight excluding hydrogens is 258 g/mol. The molecule has 1 aliphatic rings. The molecule has 0 saturated carbocycles. The van der Waals surface area contributed by atoms with Gasteiger partial charge in [-0.25, -0.2) is 8.78 Å². The predicted octanol–water partition coefficient (Wildman–Crippen LogP) is 3.87. The van der Waals surface area contributed by atoms with Gasteiger partial charge in [-0.1, -0.05) is 18.2 Å². The number of fused-ring (bicyclic) bond motifs is 1. The fourth-order valence-corrected chi connectivity index (χ4v) is 2.58. The minimum atomic E-state index is -0.329. The number of hydrogen-bond acceptors (Lipinski definition) is 1. The Hall–Kier alpha value is -2.23. The second kappa shape index (κ2) is 4.71. The van der Waals surface area contributed by atoms with Gasteiger partial charge in [0, 0.05) is 12.1 Å². The van der Waals surface area contributed by atoms with Crippen molar-refractivity contribution in [3.05, 3.63) is 70.8 Å². The van der Waals surface area contributed by atoms with Gasteiger partial charge in [0.15, 0.2) is 0 Å². The van der Waals surface area contributed by atoms with Crippen LogP contribution < -0.4 is 0 Å². The Labute approximate surface area is 116 Å². The van der Waals surface area contributed by atoms with Crippen molar-refractivity contribution in [2.24, 2.45) is 0 Å². The lowest BCUT2D eigenvalue weighted by Gasteiger charge is -2.26. The van der Waals surface area contributed by atoms with Gasteiger partial charge < -0.3 is 4.90 Å². The molecule has 1 unspecified atom stereocenters. The summed E-state index contributed by atoms with van der Waals surface area (Å²) in [6.45, 7) is 2.54. The van der Waals surface area contributed by atoms with Crippen molar-refractivity contribution in [1.82, 2.24) is 4.90 Å². The van der Waals surface area contributed by atoms with Gasteiger partial charge >= 0.3 is 0 Å². The van der Waals surface area contributed by atoms with E-state index in [0.29, 0.717) is 17.9 Å². The van der Waals surface area contributed by atoms with Gasteiger partial charge in [0.1, 0.15) is 17.5 Å². The zero-order chi connectivity index (χ0) is 14.3. The molecule has 0 fully saturated rings. The highest BCUT2D eigenvalue weighted by Crippen LogP contribution is 2.31. The fourth-order valence-electron chi connectivity index (χ4n) is 2.58. The first-order valence-electron chi connectivity index (χ1n) is 6.45. The van der Waals surface area contributed by atoms with Gasteiger partial charge in [0.25, 0.3) is 0 Å². The molecule has 3 rings (SSSR count). The van der Waals surface area contributed by atoms with Gasteiger partial charge in [0.05, 0.1) is 6.04 Å². The lowest BCUT2D eigenvalue weighted by molar-refractivity contribution is 0.341. The first-order valence-corrected chi connectivity index (χ1v) is 6.45. The van der Waals surface area contributed by atoms with Crippen molar-refractivity contribution in [2.45, 2.75) is 19.5 Å². The summed E-state index contributed by atoms with van der Waals surface area (Å²) in [4.78, 5) is 1.89. The summed E-state index contributed by atoms with van der Waals surface area (Å²) in [5, 5.41) is 8.19. The Bertz CT molecular complexity index is 665. The molecule has 102 valence electrons. The van der Waals surface area contributed by atoms with Crippen LogP contribution in [0.2, 0.25) is 0 Å². The van der Waals surface area contributed by atoms with E-state index < -0.39 is 0 Å². The number of nitrogens with zero attached hydrogens (tertiary/aromatic N) is 1. The molecule has 4 heteroatoms.